The molecule has 1 aliphatic rings. The van der Waals surface area contributed by atoms with Crippen LogP contribution in [0.3, 0.4) is 0 Å². The minimum Gasteiger partial charge on any atom is -0.480 e. The van der Waals surface area contributed by atoms with Crippen molar-refractivity contribution in [2.45, 2.75) is 83.7 Å². The molecule has 1 unspecified atom stereocenters. The van der Waals surface area contributed by atoms with E-state index in [1.165, 1.54) is 0 Å². The van der Waals surface area contributed by atoms with Gasteiger partial charge >= 0.3 is 5.97 Å². The molecule has 0 saturated carbocycles. The minimum atomic E-state index is -0.598. The van der Waals surface area contributed by atoms with Crippen LogP contribution >= 0.6 is 0 Å². The minimum absolute atomic E-state index is 0.463. The number of rotatable bonds is 8. The van der Waals surface area contributed by atoms with Crippen LogP contribution in [0, 0.1) is 0 Å². The zero-order valence-electron chi connectivity index (χ0n) is 12.2. The van der Waals surface area contributed by atoms with E-state index in [0.717, 1.165) is 57.9 Å². The summed E-state index contributed by atoms with van der Waals surface area (Å²) in [5.74, 6) is -0.598. The fourth-order valence-corrected chi connectivity index (χ4v) is 3.57. The maximum Gasteiger partial charge on any atom is 0.324 e. The molecule has 0 amide bonds. The van der Waals surface area contributed by atoms with Crippen molar-refractivity contribution < 1.29 is 9.90 Å². The van der Waals surface area contributed by atoms with E-state index in [1.54, 1.807) is 0 Å². The highest BCUT2D eigenvalue weighted by Gasteiger charge is 2.48. The van der Waals surface area contributed by atoms with Gasteiger partial charge in [-0.3, -0.25) is 9.69 Å². The second kappa shape index (κ2) is 7.13. The Hall–Kier alpha value is -0.570. The van der Waals surface area contributed by atoms with Crippen LogP contribution in [0.2, 0.25) is 0 Å². The first-order chi connectivity index (χ1) is 8.62. The van der Waals surface area contributed by atoms with Gasteiger partial charge in [-0.1, -0.05) is 40.0 Å². The second-order valence-electron chi connectivity index (χ2n) is 5.61. The zero-order valence-corrected chi connectivity index (χ0v) is 12.2. The first-order valence-electron chi connectivity index (χ1n) is 7.62. The van der Waals surface area contributed by atoms with E-state index < -0.39 is 11.5 Å². The summed E-state index contributed by atoms with van der Waals surface area (Å²) >= 11 is 0. The Bertz CT molecular complexity index is 261. The van der Waals surface area contributed by atoms with Gasteiger partial charge in [0, 0.05) is 6.04 Å². The number of likely N-dealkylation sites (tertiary alicyclic amines) is 1. The first kappa shape index (κ1) is 15.5. The average molecular weight is 255 g/mol. The lowest BCUT2D eigenvalue weighted by molar-refractivity contribution is -0.152. The Labute approximate surface area is 112 Å². The van der Waals surface area contributed by atoms with Crippen LogP contribution in [-0.4, -0.2) is 34.1 Å². The third kappa shape index (κ3) is 3.05. The van der Waals surface area contributed by atoms with E-state index in [1.807, 2.05) is 0 Å². The fraction of sp³-hybridized carbons (Fsp3) is 0.933. The van der Waals surface area contributed by atoms with Gasteiger partial charge in [0.1, 0.15) is 5.54 Å². The van der Waals surface area contributed by atoms with Crippen molar-refractivity contribution in [1.29, 1.82) is 0 Å². The second-order valence-corrected chi connectivity index (χ2v) is 5.61. The zero-order chi connectivity index (χ0) is 13.6. The van der Waals surface area contributed by atoms with Gasteiger partial charge in [-0.25, -0.2) is 0 Å². The maximum atomic E-state index is 11.8. The molecule has 0 spiro atoms. The lowest BCUT2D eigenvalue weighted by Gasteiger charge is -2.40. The Balaban J connectivity index is 2.90. The van der Waals surface area contributed by atoms with Gasteiger partial charge in [0.15, 0.2) is 0 Å². The number of carboxylic acids is 1. The highest BCUT2D eigenvalue weighted by Crippen LogP contribution is 2.37. The Kier molecular flexibility index (Phi) is 6.13. The molecule has 1 aliphatic heterocycles. The van der Waals surface area contributed by atoms with E-state index in [-0.39, 0.29) is 0 Å². The average Bonchev–Trinajstić information content (AvgIpc) is 2.74. The molecule has 1 N–H and O–H groups in total. The van der Waals surface area contributed by atoms with Crippen LogP contribution in [-0.2, 0) is 4.79 Å². The third-order valence-corrected chi connectivity index (χ3v) is 4.29. The van der Waals surface area contributed by atoms with E-state index >= 15 is 0 Å². The predicted octanol–water partition coefficient (Wildman–Crippen LogP) is 3.67. The molecule has 1 atom stereocenters. The van der Waals surface area contributed by atoms with Crippen molar-refractivity contribution in [3.05, 3.63) is 0 Å². The molecule has 3 heteroatoms. The SMILES string of the molecule is CCCC(CCC)N1CCCC1(CCC)C(=O)O. The molecule has 18 heavy (non-hydrogen) atoms. The summed E-state index contributed by atoms with van der Waals surface area (Å²) in [6.07, 6.45) is 8.17. The van der Waals surface area contributed by atoms with Gasteiger partial charge < -0.3 is 5.11 Å². The predicted molar refractivity (Wildman–Crippen MR) is 74.8 cm³/mol. The Morgan fingerprint density at radius 3 is 2.28 bits per heavy atom. The van der Waals surface area contributed by atoms with Crippen molar-refractivity contribution in [2.24, 2.45) is 0 Å². The molecule has 1 rings (SSSR count). The fourth-order valence-electron chi connectivity index (χ4n) is 3.57. The third-order valence-electron chi connectivity index (χ3n) is 4.29. The van der Waals surface area contributed by atoms with Gasteiger partial charge in [-0.15, -0.1) is 0 Å². The van der Waals surface area contributed by atoms with Crippen molar-refractivity contribution >= 4 is 5.97 Å². The largest absolute Gasteiger partial charge is 0.480 e. The van der Waals surface area contributed by atoms with Gasteiger partial charge in [0.25, 0.3) is 0 Å². The molecule has 0 radical (unpaired) electrons. The topological polar surface area (TPSA) is 40.5 Å². The Morgan fingerprint density at radius 1 is 1.22 bits per heavy atom. The normalized spacial score (nSPS) is 24.9. The number of nitrogens with zero attached hydrogens (tertiary/aromatic N) is 1. The molecule has 1 heterocycles. The van der Waals surface area contributed by atoms with Crippen LogP contribution in [0.4, 0.5) is 0 Å². The van der Waals surface area contributed by atoms with Gasteiger partial charge in [-0.05, 0) is 38.6 Å². The van der Waals surface area contributed by atoms with E-state index in [0.29, 0.717) is 6.04 Å². The van der Waals surface area contributed by atoms with Gasteiger partial charge in [0.05, 0.1) is 0 Å². The van der Waals surface area contributed by atoms with Gasteiger partial charge in [0.2, 0.25) is 0 Å². The van der Waals surface area contributed by atoms with Crippen LogP contribution in [0.25, 0.3) is 0 Å². The highest BCUT2D eigenvalue weighted by molar-refractivity contribution is 5.79. The molecule has 0 bridgehead atoms. The summed E-state index contributed by atoms with van der Waals surface area (Å²) in [6.45, 7) is 7.45. The molecule has 0 aliphatic carbocycles. The number of hydrogen-bond donors (Lipinski definition) is 1. The van der Waals surface area contributed by atoms with Crippen LogP contribution in [0.15, 0.2) is 0 Å². The number of carbonyl (C=O) groups is 1. The van der Waals surface area contributed by atoms with Crippen molar-refractivity contribution in [1.82, 2.24) is 4.90 Å². The molecule has 1 fully saturated rings. The van der Waals surface area contributed by atoms with E-state index in [2.05, 4.69) is 25.7 Å². The monoisotopic (exact) mass is 255 g/mol. The molecule has 0 aromatic rings. The summed E-state index contributed by atoms with van der Waals surface area (Å²) in [5, 5.41) is 9.71. The number of aliphatic carboxylic acids is 1. The smallest absolute Gasteiger partial charge is 0.324 e. The maximum absolute atomic E-state index is 11.8. The van der Waals surface area contributed by atoms with Crippen molar-refractivity contribution in [3.63, 3.8) is 0 Å². The molecular weight excluding hydrogens is 226 g/mol. The van der Waals surface area contributed by atoms with E-state index in [4.69, 9.17) is 0 Å². The Morgan fingerprint density at radius 2 is 1.83 bits per heavy atom. The van der Waals surface area contributed by atoms with Gasteiger partial charge in [-0.2, -0.15) is 0 Å². The first-order valence-corrected chi connectivity index (χ1v) is 7.62. The van der Waals surface area contributed by atoms with Crippen molar-refractivity contribution in [2.75, 3.05) is 6.54 Å². The summed E-state index contributed by atoms with van der Waals surface area (Å²) in [5.41, 5.74) is -0.566. The quantitative estimate of drug-likeness (QED) is 0.719. The standard InChI is InChI=1S/C15H29NO2/c1-4-8-13(9-5-2)16-12-7-11-15(16,10-6-3)14(17)18/h13H,4-12H2,1-3H3,(H,17,18). The number of hydrogen-bond acceptors (Lipinski definition) is 2. The summed E-state index contributed by atoms with van der Waals surface area (Å²) in [4.78, 5) is 14.1. The molecular formula is C15H29NO2. The summed E-state index contributed by atoms with van der Waals surface area (Å²) in [6, 6.07) is 0.463. The lowest BCUT2D eigenvalue weighted by atomic mass is 9.88. The molecule has 106 valence electrons. The molecule has 1 saturated heterocycles. The molecule has 0 aromatic carbocycles. The highest BCUT2D eigenvalue weighted by atomic mass is 16.4. The van der Waals surface area contributed by atoms with E-state index in [9.17, 15) is 9.90 Å². The molecule has 3 nitrogen and oxygen atoms in total. The van der Waals surface area contributed by atoms with Crippen molar-refractivity contribution in [3.8, 4) is 0 Å². The van der Waals surface area contributed by atoms with Crippen LogP contribution in [0.5, 0.6) is 0 Å². The summed E-state index contributed by atoms with van der Waals surface area (Å²) in [7, 11) is 0. The molecule has 0 aromatic heterocycles. The summed E-state index contributed by atoms with van der Waals surface area (Å²) < 4.78 is 0. The van der Waals surface area contributed by atoms with Crippen LogP contribution < -0.4 is 0 Å². The number of carboxylic acid groups (broad SMARTS) is 1. The van der Waals surface area contributed by atoms with Crippen LogP contribution in [0.1, 0.15) is 72.1 Å². The lowest BCUT2D eigenvalue weighted by Crippen LogP contribution is -2.54.